The smallest absolute Gasteiger partial charge is 0.119 e. The average molecular weight is 220 g/mol. The molecule has 16 heavy (non-hydrogen) atoms. The van der Waals surface area contributed by atoms with Gasteiger partial charge in [0.25, 0.3) is 0 Å². The highest BCUT2D eigenvalue weighted by Gasteiger charge is 2.37. The molecule has 2 rings (SSSR count). The highest BCUT2D eigenvalue weighted by molar-refractivity contribution is 5.38. The van der Waals surface area contributed by atoms with E-state index in [9.17, 15) is 5.11 Å². The van der Waals surface area contributed by atoms with E-state index < -0.39 is 5.60 Å². The van der Waals surface area contributed by atoms with Crippen molar-refractivity contribution in [2.24, 2.45) is 5.92 Å². The predicted molar refractivity (Wildman–Crippen MR) is 64.6 cm³/mol. The van der Waals surface area contributed by atoms with Crippen LogP contribution in [-0.2, 0) is 5.60 Å². The SMILES string of the molecule is COc1ccc(C2(O)CCC(C)C2)c(C)c1. The number of aryl methyl sites for hydroxylation is 1. The first kappa shape index (κ1) is 11.5. The number of hydrogen-bond donors (Lipinski definition) is 1. The summed E-state index contributed by atoms with van der Waals surface area (Å²) in [6.45, 7) is 4.25. The lowest BCUT2D eigenvalue weighted by Gasteiger charge is -2.25. The summed E-state index contributed by atoms with van der Waals surface area (Å²) in [5.41, 5.74) is 1.57. The normalized spacial score (nSPS) is 29.4. The Hall–Kier alpha value is -1.02. The zero-order valence-electron chi connectivity index (χ0n) is 10.3. The summed E-state index contributed by atoms with van der Waals surface area (Å²) in [4.78, 5) is 0. The average Bonchev–Trinajstić information content (AvgIpc) is 2.59. The minimum absolute atomic E-state index is 0.615. The largest absolute Gasteiger partial charge is 0.497 e. The zero-order chi connectivity index (χ0) is 11.8. The molecule has 1 N–H and O–H groups in total. The Bertz CT molecular complexity index is 386. The van der Waals surface area contributed by atoms with Crippen molar-refractivity contribution in [1.29, 1.82) is 0 Å². The number of rotatable bonds is 2. The molecule has 0 radical (unpaired) electrons. The number of aliphatic hydroxyl groups is 1. The highest BCUT2D eigenvalue weighted by Crippen LogP contribution is 2.43. The summed E-state index contributed by atoms with van der Waals surface area (Å²) in [5.74, 6) is 1.47. The summed E-state index contributed by atoms with van der Waals surface area (Å²) in [5, 5.41) is 10.6. The van der Waals surface area contributed by atoms with Gasteiger partial charge in [-0.1, -0.05) is 13.0 Å². The second-order valence-corrected chi connectivity index (χ2v) is 5.06. The van der Waals surface area contributed by atoms with E-state index >= 15 is 0 Å². The van der Waals surface area contributed by atoms with E-state index in [0.717, 1.165) is 36.1 Å². The molecule has 2 atom stereocenters. The van der Waals surface area contributed by atoms with Gasteiger partial charge >= 0.3 is 0 Å². The third-order valence-electron chi connectivity index (χ3n) is 3.67. The Morgan fingerprint density at radius 2 is 2.19 bits per heavy atom. The lowest BCUT2D eigenvalue weighted by molar-refractivity contribution is 0.0401. The van der Waals surface area contributed by atoms with Crippen molar-refractivity contribution in [3.8, 4) is 5.75 Å². The van der Waals surface area contributed by atoms with Crippen molar-refractivity contribution in [2.45, 2.75) is 38.7 Å². The molecule has 2 unspecified atom stereocenters. The van der Waals surface area contributed by atoms with E-state index in [0.29, 0.717) is 5.92 Å². The van der Waals surface area contributed by atoms with Crippen LogP contribution in [0.3, 0.4) is 0 Å². The first-order valence-corrected chi connectivity index (χ1v) is 5.92. The number of ether oxygens (including phenoxy) is 1. The fraction of sp³-hybridized carbons (Fsp3) is 0.571. The van der Waals surface area contributed by atoms with Gasteiger partial charge in [0.2, 0.25) is 0 Å². The highest BCUT2D eigenvalue weighted by atomic mass is 16.5. The maximum absolute atomic E-state index is 10.6. The molecular formula is C14H20O2. The minimum Gasteiger partial charge on any atom is -0.497 e. The van der Waals surface area contributed by atoms with Gasteiger partial charge in [-0.05, 0) is 55.4 Å². The van der Waals surface area contributed by atoms with Gasteiger partial charge in [0.05, 0.1) is 12.7 Å². The molecule has 1 aliphatic carbocycles. The zero-order valence-corrected chi connectivity index (χ0v) is 10.3. The van der Waals surface area contributed by atoms with Gasteiger partial charge in [-0.3, -0.25) is 0 Å². The van der Waals surface area contributed by atoms with Crippen molar-refractivity contribution in [2.75, 3.05) is 7.11 Å². The molecule has 1 fully saturated rings. The first-order valence-electron chi connectivity index (χ1n) is 5.92. The van der Waals surface area contributed by atoms with Crippen LogP contribution in [-0.4, -0.2) is 12.2 Å². The lowest BCUT2D eigenvalue weighted by atomic mass is 9.88. The molecule has 2 nitrogen and oxygen atoms in total. The Kier molecular flexibility index (Phi) is 2.94. The molecule has 0 aliphatic heterocycles. The summed E-state index contributed by atoms with van der Waals surface area (Å²) in [6, 6.07) is 5.94. The van der Waals surface area contributed by atoms with Crippen molar-refractivity contribution < 1.29 is 9.84 Å². The van der Waals surface area contributed by atoms with Crippen LogP contribution in [0.25, 0.3) is 0 Å². The van der Waals surface area contributed by atoms with Gasteiger partial charge in [-0.25, -0.2) is 0 Å². The van der Waals surface area contributed by atoms with Crippen molar-refractivity contribution >= 4 is 0 Å². The third-order valence-corrected chi connectivity index (χ3v) is 3.67. The number of methoxy groups -OCH3 is 1. The Labute approximate surface area is 97.3 Å². The van der Waals surface area contributed by atoms with Crippen molar-refractivity contribution in [3.63, 3.8) is 0 Å². The van der Waals surface area contributed by atoms with Gasteiger partial charge in [0, 0.05) is 0 Å². The van der Waals surface area contributed by atoms with Crippen LogP contribution in [0.4, 0.5) is 0 Å². The molecular weight excluding hydrogens is 200 g/mol. The van der Waals surface area contributed by atoms with Crippen LogP contribution in [0.5, 0.6) is 5.75 Å². The number of benzene rings is 1. The molecule has 0 spiro atoms. The summed E-state index contributed by atoms with van der Waals surface area (Å²) < 4.78 is 5.19. The Balaban J connectivity index is 2.33. The topological polar surface area (TPSA) is 29.5 Å². The van der Waals surface area contributed by atoms with Crippen LogP contribution in [0.1, 0.15) is 37.3 Å². The predicted octanol–water partition coefficient (Wildman–Crippen LogP) is 3.01. The maximum Gasteiger partial charge on any atom is 0.119 e. The molecule has 1 aromatic rings. The van der Waals surface area contributed by atoms with Crippen LogP contribution >= 0.6 is 0 Å². The van der Waals surface area contributed by atoms with E-state index in [1.54, 1.807) is 7.11 Å². The summed E-state index contributed by atoms with van der Waals surface area (Å²) in [6.07, 6.45) is 2.86. The molecule has 0 heterocycles. The summed E-state index contributed by atoms with van der Waals surface area (Å²) >= 11 is 0. The van der Waals surface area contributed by atoms with E-state index in [-0.39, 0.29) is 0 Å². The van der Waals surface area contributed by atoms with Crippen LogP contribution in [0.2, 0.25) is 0 Å². The molecule has 88 valence electrons. The van der Waals surface area contributed by atoms with Gasteiger partial charge in [-0.15, -0.1) is 0 Å². The molecule has 1 saturated carbocycles. The van der Waals surface area contributed by atoms with E-state index in [4.69, 9.17) is 4.74 Å². The first-order chi connectivity index (χ1) is 7.55. The molecule has 1 aliphatic rings. The quantitative estimate of drug-likeness (QED) is 0.830. The molecule has 0 saturated heterocycles. The molecule has 1 aromatic carbocycles. The van der Waals surface area contributed by atoms with Gasteiger partial charge in [0.1, 0.15) is 5.75 Å². The third kappa shape index (κ3) is 1.94. The fourth-order valence-electron chi connectivity index (χ4n) is 2.80. The molecule has 0 amide bonds. The van der Waals surface area contributed by atoms with Crippen LogP contribution < -0.4 is 4.74 Å². The molecule has 2 heteroatoms. The van der Waals surface area contributed by atoms with E-state index in [1.165, 1.54) is 0 Å². The van der Waals surface area contributed by atoms with Gasteiger partial charge < -0.3 is 9.84 Å². The van der Waals surface area contributed by atoms with Crippen molar-refractivity contribution in [3.05, 3.63) is 29.3 Å². The monoisotopic (exact) mass is 220 g/mol. The maximum atomic E-state index is 10.6. The Morgan fingerprint density at radius 1 is 1.44 bits per heavy atom. The van der Waals surface area contributed by atoms with Gasteiger partial charge in [-0.2, -0.15) is 0 Å². The van der Waals surface area contributed by atoms with E-state index in [2.05, 4.69) is 6.92 Å². The molecule has 0 bridgehead atoms. The second-order valence-electron chi connectivity index (χ2n) is 5.06. The standard InChI is InChI=1S/C14H20O2/c1-10-6-7-14(15,9-10)13-5-4-12(16-3)8-11(13)2/h4-5,8,10,15H,6-7,9H2,1-3H3. The Morgan fingerprint density at radius 3 is 2.69 bits per heavy atom. The van der Waals surface area contributed by atoms with Crippen molar-refractivity contribution in [1.82, 2.24) is 0 Å². The van der Waals surface area contributed by atoms with Crippen LogP contribution in [0.15, 0.2) is 18.2 Å². The number of hydrogen-bond acceptors (Lipinski definition) is 2. The van der Waals surface area contributed by atoms with Gasteiger partial charge in [0.15, 0.2) is 0 Å². The fourth-order valence-corrected chi connectivity index (χ4v) is 2.80. The van der Waals surface area contributed by atoms with E-state index in [1.807, 2.05) is 25.1 Å². The van der Waals surface area contributed by atoms with Crippen LogP contribution in [0, 0.1) is 12.8 Å². The molecule has 0 aromatic heterocycles. The minimum atomic E-state index is -0.615. The second kappa shape index (κ2) is 4.10. The lowest BCUT2D eigenvalue weighted by Crippen LogP contribution is -2.22. The summed E-state index contributed by atoms with van der Waals surface area (Å²) in [7, 11) is 1.67.